The number of ether oxygens (including phenoxy) is 3. The van der Waals surface area contributed by atoms with Crippen molar-refractivity contribution in [1.29, 1.82) is 0 Å². The lowest BCUT2D eigenvalue weighted by atomic mass is 9.82. The van der Waals surface area contributed by atoms with E-state index in [2.05, 4.69) is 19.7 Å². The number of aliphatic hydroxyl groups excluding tert-OH is 1. The number of methoxy groups -OCH3 is 1. The van der Waals surface area contributed by atoms with Gasteiger partial charge in [-0.3, -0.25) is 4.79 Å². The van der Waals surface area contributed by atoms with Crippen LogP contribution in [-0.2, 0) is 23.8 Å². The van der Waals surface area contributed by atoms with Gasteiger partial charge in [-0.05, 0) is 17.9 Å². The highest BCUT2D eigenvalue weighted by atomic mass is 16.6. The minimum Gasteiger partial charge on any atom is -0.461 e. The van der Waals surface area contributed by atoms with E-state index in [1.165, 1.54) is 7.11 Å². The summed E-state index contributed by atoms with van der Waals surface area (Å²) < 4.78 is 16.1. The van der Waals surface area contributed by atoms with E-state index in [9.17, 15) is 14.7 Å². The largest absolute Gasteiger partial charge is 0.461 e. The molecule has 0 aromatic carbocycles. The molecule has 3 aliphatic rings. The molecule has 6 atom stereocenters. The SMILES string of the molecule is C=C(COC)C(=O)O[C@H]1CC(=C)[C@@H]2C[C@H](O)C(=C)[C@@H]2[C@H]2OC(=O)C[C@@H]21. The molecule has 1 heterocycles. The van der Waals surface area contributed by atoms with Gasteiger partial charge in [0.2, 0.25) is 0 Å². The zero-order valence-electron chi connectivity index (χ0n) is 14.4. The summed E-state index contributed by atoms with van der Waals surface area (Å²) in [4.78, 5) is 24.2. The monoisotopic (exact) mass is 348 g/mol. The van der Waals surface area contributed by atoms with Crippen molar-refractivity contribution in [2.24, 2.45) is 17.8 Å². The highest BCUT2D eigenvalue weighted by Gasteiger charge is 2.55. The summed E-state index contributed by atoms with van der Waals surface area (Å²) in [5, 5.41) is 10.2. The number of carbonyl (C=O) groups excluding carboxylic acids is 2. The molecule has 0 amide bonds. The Hall–Kier alpha value is -1.92. The Morgan fingerprint density at radius 1 is 1.36 bits per heavy atom. The first kappa shape index (κ1) is 17.9. The van der Waals surface area contributed by atoms with Gasteiger partial charge in [0.1, 0.15) is 12.2 Å². The van der Waals surface area contributed by atoms with Crippen LogP contribution < -0.4 is 0 Å². The van der Waals surface area contributed by atoms with Crippen LogP contribution in [0.3, 0.4) is 0 Å². The molecule has 0 bridgehead atoms. The van der Waals surface area contributed by atoms with Crippen molar-refractivity contribution in [3.63, 3.8) is 0 Å². The predicted molar refractivity (Wildman–Crippen MR) is 89.4 cm³/mol. The van der Waals surface area contributed by atoms with Crippen molar-refractivity contribution >= 4 is 11.9 Å². The molecular formula is C19H24O6. The molecule has 6 nitrogen and oxygen atoms in total. The molecule has 2 saturated carbocycles. The molecule has 6 heteroatoms. The van der Waals surface area contributed by atoms with E-state index in [-0.39, 0.29) is 42.3 Å². The maximum Gasteiger partial charge on any atom is 0.336 e. The van der Waals surface area contributed by atoms with Crippen molar-refractivity contribution in [3.05, 3.63) is 36.5 Å². The molecule has 136 valence electrons. The molecule has 25 heavy (non-hydrogen) atoms. The van der Waals surface area contributed by atoms with Gasteiger partial charge in [0.05, 0.1) is 24.7 Å². The highest BCUT2D eigenvalue weighted by molar-refractivity contribution is 5.88. The van der Waals surface area contributed by atoms with Gasteiger partial charge in [0.15, 0.2) is 0 Å². The topological polar surface area (TPSA) is 82.1 Å². The molecule has 3 rings (SSSR count). The highest BCUT2D eigenvalue weighted by Crippen LogP contribution is 2.51. The van der Waals surface area contributed by atoms with E-state index < -0.39 is 24.3 Å². The number of fused-ring (bicyclic) bond motifs is 3. The van der Waals surface area contributed by atoms with Gasteiger partial charge >= 0.3 is 11.9 Å². The van der Waals surface area contributed by atoms with Crippen LogP contribution >= 0.6 is 0 Å². The Bertz CT molecular complexity index is 636. The van der Waals surface area contributed by atoms with Gasteiger partial charge < -0.3 is 19.3 Å². The molecule has 2 aliphatic carbocycles. The second kappa shape index (κ2) is 6.77. The van der Waals surface area contributed by atoms with Crippen molar-refractivity contribution in [2.75, 3.05) is 13.7 Å². The number of hydrogen-bond donors (Lipinski definition) is 1. The number of aliphatic hydroxyl groups is 1. The molecular weight excluding hydrogens is 324 g/mol. The number of carbonyl (C=O) groups is 2. The summed E-state index contributed by atoms with van der Waals surface area (Å²) >= 11 is 0. The van der Waals surface area contributed by atoms with Crippen LogP contribution in [0.25, 0.3) is 0 Å². The van der Waals surface area contributed by atoms with E-state index in [1.54, 1.807) is 0 Å². The zero-order chi connectivity index (χ0) is 18.3. The lowest BCUT2D eigenvalue weighted by Gasteiger charge is -2.28. The molecule has 0 spiro atoms. The summed E-state index contributed by atoms with van der Waals surface area (Å²) in [7, 11) is 1.48. The molecule has 1 aliphatic heterocycles. The van der Waals surface area contributed by atoms with Crippen LogP contribution in [0.2, 0.25) is 0 Å². The van der Waals surface area contributed by atoms with Gasteiger partial charge in [0, 0.05) is 25.4 Å². The average Bonchev–Trinajstić information content (AvgIpc) is 3.04. The van der Waals surface area contributed by atoms with E-state index in [0.29, 0.717) is 18.4 Å². The Morgan fingerprint density at radius 3 is 2.76 bits per heavy atom. The van der Waals surface area contributed by atoms with E-state index >= 15 is 0 Å². The molecule has 3 fully saturated rings. The first-order chi connectivity index (χ1) is 11.8. The third-order valence-electron chi connectivity index (χ3n) is 5.54. The molecule has 0 aromatic rings. The molecule has 1 N–H and O–H groups in total. The van der Waals surface area contributed by atoms with Crippen LogP contribution in [0, 0.1) is 17.8 Å². The van der Waals surface area contributed by atoms with Crippen molar-refractivity contribution in [2.45, 2.75) is 37.6 Å². The lowest BCUT2D eigenvalue weighted by molar-refractivity contribution is -0.148. The summed E-state index contributed by atoms with van der Waals surface area (Å²) in [6.07, 6.45) is -0.451. The standard InChI is InChI=1S/C19H24O6/c1-9-5-15(24-19(22)10(2)8-23-4)13-7-16(21)25-18(13)17-11(3)14(20)6-12(9)17/h12-15,17-18,20H,1-3,5-8H2,4H3/t12-,13+,14-,15-,17-,18-/m0/s1. The maximum absolute atomic E-state index is 12.2. The quantitative estimate of drug-likeness (QED) is 0.471. The van der Waals surface area contributed by atoms with E-state index in [0.717, 1.165) is 5.57 Å². The van der Waals surface area contributed by atoms with Gasteiger partial charge in [-0.25, -0.2) is 4.79 Å². The van der Waals surface area contributed by atoms with Gasteiger partial charge in [-0.2, -0.15) is 0 Å². The van der Waals surface area contributed by atoms with Crippen LogP contribution in [0.4, 0.5) is 0 Å². The molecule has 1 saturated heterocycles. The summed E-state index contributed by atoms with van der Waals surface area (Å²) in [5.74, 6) is -1.33. The maximum atomic E-state index is 12.2. The third kappa shape index (κ3) is 3.16. The summed E-state index contributed by atoms with van der Waals surface area (Å²) in [6.45, 7) is 11.9. The second-order valence-electron chi connectivity index (χ2n) is 7.12. The van der Waals surface area contributed by atoms with E-state index in [4.69, 9.17) is 14.2 Å². The fourth-order valence-corrected chi connectivity index (χ4v) is 4.30. The van der Waals surface area contributed by atoms with Crippen LogP contribution in [0.15, 0.2) is 36.5 Å². The van der Waals surface area contributed by atoms with Crippen LogP contribution in [0.5, 0.6) is 0 Å². The lowest BCUT2D eigenvalue weighted by Crippen LogP contribution is -2.36. The minimum atomic E-state index is -0.618. The minimum absolute atomic E-state index is 0.0215. The zero-order valence-corrected chi connectivity index (χ0v) is 14.4. The Kier molecular flexibility index (Phi) is 4.84. The fraction of sp³-hybridized carbons (Fsp3) is 0.579. The molecule has 0 unspecified atom stereocenters. The van der Waals surface area contributed by atoms with Crippen molar-refractivity contribution in [1.82, 2.24) is 0 Å². The first-order valence-electron chi connectivity index (χ1n) is 8.45. The van der Waals surface area contributed by atoms with Gasteiger partial charge in [-0.15, -0.1) is 0 Å². The van der Waals surface area contributed by atoms with Crippen molar-refractivity contribution < 1.29 is 28.9 Å². The molecule has 0 radical (unpaired) electrons. The van der Waals surface area contributed by atoms with E-state index in [1.807, 2.05) is 0 Å². The first-order valence-corrected chi connectivity index (χ1v) is 8.45. The summed E-state index contributed by atoms with van der Waals surface area (Å²) in [5.41, 5.74) is 1.79. The van der Waals surface area contributed by atoms with Gasteiger partial charge in [-0.1, -0.05) is 25.3 Å². The summed E-state index contributed by atoms with van der Waals surface area (Å²) in [6, 6.07) is 0. The molecule has 0 aromatic heterocycles. The normalized spacial score (nSPS) is 37.1. The predicted octanol–water partition coefficient (Wildman–Crippen LogP) is 1.55. The number of esters is 2. The second-order valence-corrected chi connectivity index (χ2v) is 7.12. The Morgan fingerprint density at radius 2 is 2.08 bits per heavy atom. The van der Waals surface area contributed by atoms with Gasteiger partial charge in [0.25, 0.3) is 0 Å². The third-order valence-corrected chi connectivity index (χ3v) is 5.54. The number of hydrogen-bond acceptors (Lipinski definition) is 6. The van der Waals surface area contributed by atoms with Crippen LogP contribution in [-0.4, -0.2) is 49.1 Å². The smallest absolute Gasteiger partial charge is 0.336 e. The average molecular weight is 348 g/mol. The fourth-order valence-electron chi connectivity index (χ4n) is 4.30. The van der Waals surface area contributed by atoms with Crippen LogP contribution in [0.1, 0.15) is 19.3 Å². The Labute approximate surface area is 147 Å². The van der Waals surface area contributed by atoms with Crippen molar-refractivity contribution in [3.8, 4) is 0 Å². The Balaban J connectivity index is 1.85. The number of rotatable bonds is 4.